The maximum atomic E-state index is 9.17. The Bertz CT molecular complexity index is 636. The molecule has 2 rings (SSSR count). The van der Waals surface area contributed by atoms with Gasteiger partial charge in [0.1, 0.15) is 0 Å². The molecule has 0 fully saturated rings. The highest BCUT2D eigenvalue weighted by Crippen LogP contribution is 2.27. The normalized spacial score (nSPS) is 11.3. The summed E-state index contributed by atoms with van der Waals surface area (Å²) < 4.78 is 0. The van der Waals surface area contributed by atoms with Gasteiger partial charge in [-0.25, -0.2) is 0 Å². The first-order chi connectivity index (χ1) is 9.63. The summed E-state index contributed by atoms with van der Waals surface area (Å²) >= 11 is 0. The van der Waals surface area contributed by atoms with Crippen molar-refractivity contribution in [3.8, 4) is 6.07 Å². The molecule has 3 nitrogen and oxygen atoms in total. The van der Waals surface area contributed by atoms with Gasteiger partial charge in [0, 0.05) is 28.5 Å². The second-order valence-electron chi connectivity index (χ2n) is 5.24. The van der Waals surface area contributed by atoms with Crippen LogP contribution in [0.3, 0.4) is 0 Å². The Kier molecular flexibility index (Phi) is 4.26. The van der Waals surface area contributed by atoms with Crippen molar-refractivity contribution in [3.63, 3.8) is 0 Å². The van der Waals surface area contributed by atoms with Crippen molar-refractivity contribution >= 4 is 16.5 Å². The highest BCUT2D eigenvalue weighted by Gasteiger charge is 2.20. The number of nitrogens with two attached hydrogens (primary N) is 1. The zero-order valence-corrected chi connectivity index (χ0v) is 12.1. The third kappa shape index (κ3) is 2.76. The van der Waals surface area contributed by atoms with E-state index in [0.29, 0.717) is 5.56 Å². The van der Waals surface area contributed by atoms with Crippen LogP contribution in [0.25, 0.3) is 10.8 Å². The summed E-state index contributed by atoms with van der Waals surface area (Å²) in [6.07, 6.45) is 1.87. The number of nitrogens with zero attached hydrogens (tertiary/aromatic N) is 1. The SMILES string of the molecule is CCC(N)(CC)CNc1ccc(C#N)c2ccccc12. The van der Waals surface area contributed by atoms with Crippen LogP contribution < -0.4 is 11.1 Å². The lowest BCUT2D eigenvalue weighted by molar-refractivity contribution is 0.418. The van der Waals surface area contributed by atoms with Crippen LogP contribution in [0.15, 0.2) is 36.4 Å². The molecule has 0 aliphatic rings. The standard InChI is InChI=1S/C17H21N3/c1-3-17(19,4-2)12-20-16-10-9-13(11-18)14-7-5-6-8-15(14)16/h5-10,20H,3-4,12,19H2,1-2H3. The molecule has 3 N–H and O–H groups in total. The lowest BCUT2D eigenvalue weighted by Gasteiger charge is -2.27. The first-order valence-corrected chi connectivity index (χ1v) is 7.08. The smallest absolute Gasteiger partial charge is 0.0998 e. The highest BCUT2D eigenvalue weighted by molar-refractivity contribution is 5.97. The van der Waals surface area contributed by atoms with Crippen LogP contribution in [-0.2, 0) is 0 Å². The Balaban J connectivity index is 2.35. The van der Waals surface area contributed by atoms with E-state index in [-0.39, 0.29) is 5.54 Å². The van der Waals surface area contributed by atoms with E-state index in [1.165, 1.54) is 0 Å². The van der Waals surface area contributed by atoms with Crippen LogP contribution >= 0.6 is 0 Å². The third-order valence-electron chi connectivity index (χ3n) is 4.08. The van der Waals surface area contributed by atoms with Gasteiger partial charge in [0.2, 0.25) is 0 Å². The number of hydrogen-bond acceptors (Lipinski definition) is 3. The molecule has 2 aromatic rings. The molecule has 0 saturated carbocycles. The molecule has 0 saturated heterocycles. The quantitative estimate of drug-likeness (QED) is 0.869. The van der Waals surface area contributed by atoms with Crippen LogP contribution in [0, 0.1) is 11.3 Å². The van der Waals surface area contributed by atoms with Gasteiger partial charge in [0.15, 0.2) is 0 Å². The van der Waals surface area contributed by atoms with E-state index < -0.39 is 0 Å². The molecule has 2 aromatic carbocycles. The van der Waals surface area contributed by atoms with Gasteiger partial charge in [0.05, 0.1) is 11.6 Å². The Morgan fingerprint density at radius 2 is 1.75 bits per heavy atom. The first kappa shape index (κ1) is 14.4. The predicted octanol–water partition coefficient (Wildman–Crippen LogP) is 3.64. The molecule has 20 heavy (non-hydrogen) atoms. The molecule has 0 aromatic heterocycles. The molecule has 0 radical (unpaired) electrons. The second-order valence-corrected chi connectivity index (χ2v) is 5.24. The molecule has 0 spiro atoms. The molecule has 0 unspecified atom stereocenters. The lowest BCUT2D eigenvalue weighted by atomic mass is 9.94. The lowest BCUT2D eigenvalue weighted by Crippen LogP contribution is -2.45. The van der Waals surface area contributed by atoms with E-state index in [2.05, 4.69) is 25.2 Å². The van der Waals surface area contributed by atoms with Crippen molar-refractivity contribution in [2.45, 2.75) is 32.2 Å². The molecule has 0 aliphatic heterocycles. The van der Waals surface area contributed by atoms with Crippen LogP contribution in [0.5, 0.6) is 0 Å². The summed E-state index contributed by atoms with van der Waals surface area (Å²) in [6.45, 7) is 4.96. The van der Waals surface area contributed by atoms with E-state index in [1.54, 1.807) is 0 Å². The number of rotatable bonds is 5. The average molecular weight is 267 g/mol. The van der Waals surface area contributed by atoms with Crippen molar-refractivity contribution in [2.24, 2.45) is 5.73 Å². The zero-order chi connectivity index (χ0) is 14.6. The van der Waals surface area contributed by atoms with Gasteiger partial charge in [-0.15, -0.1) is 0 Å². The summed E-state index contributed by atoms with van der Waals surface area (Å²) in [7, 11) is 0. The number of nitriles is 1. The van der Waals surface area contributed by atoms with Gasteiger partial charge < -0.3 is 11.1 Å². The van der Waals surface area contributed by atoms with E-state index in [0.717, 1.165) is 35.8 Å². The van der Waals surface area contributed by atoms with Crippen LogP contribution in [0.4, 0.5) is 5.69 Å². The predicted molar refractivity (Wildman–Crippen MR) is 84.7 cm³/mol. The number of benzene rings is 2. The molecule has 0 bridgehead atoms. The summed E-state index contributed by atoms with van der Waals surface area (Å²) in [5.41, 5.74) is 7.89. The first-order valence-electron chi connectivity index (χ1n) is 7.08. The van der Waals surface area contributed by atoms with Crippen molar-refractivity contribution in [1.82, 2.24) is 0 Å². The van der Waals surface area contributed by atoms with Crippen molar-refractivity contribution < 1.29 is 0 Å². The molecule has 3 heteroatoms. The van der Waals surface area contributed by atoms with Crippen LogP contribution in [0.2, 0.25) is 0 Å². The second kappa shape index (κ2) is 5.94. The van der Waals surface area contributed by atoms with E-state index in [1.807, 2.05) is 36.4 Å². The molecule has 0 atom stereocenters. The van der Waals surface area contributed by atoms with Gasteiger partial charge in [0.25, 0.3) is 0 Å². The summed E-state index contributed by atoms with van der Waals surface area (Å²) in [6, 6.07) is 14.0. The molecular formula is C17H21N3. The van der Waals surface area contributed by atoms with Crippen molar-refractivity contribution in [3.05, 3.63) is 42.0 Å². The third-order valence-corrected chi connectivity index (χ3v) is 4.08. The number of fused-ring (bicyclic) bond motifs is 1. The minimum Gasteiger partial charge on any atom is -0.383 e. The van der Waals surface area contributed by atoms with Crippen molar-refractivity contribution in [1.29, 1.82) is 5.26 Å². The van der Waals surface area contributed by atoms with E-state index in [9.17, 15) is 5.26 Å². The van der Waals surface area contributed by atoms with Crippen molar-refractivity contribution in [2.75, 3.05) is 11.9 Å². The van der Waals surface area contributed by atoms with Crippen LogP contribution in [0.1, 0.15) is 32.3 Å². The minimum absolute atomic E-state index is 0.186. The van der Waals surface area contributed by atoms with E-state index >= 15 is 0 Å². The van der Waals surface area contributed by atoms with Gasteiger partial charge in [-0.05, 0) is 25.0 Å². The average Bonchev–Trinajstić information content (AvgIpc) is 2.52. The Hall–Kier alpha value is -2.05. The number of nitrogens with one attached hydrogen (secondary N) is 1. The fraction of sp³-hybridized carbons (Fsp3) is 0.353. The molecule has 104 valence electrons. The summed E-state index contributed by atoms with van der Waals surface area (Å²) in [5, 5.41) is 14.7. The summed E-state index contributed by atoms with van der Waals surface area (Å²) in [4.78, 5) is 0. The van der Waals surface area contributed by atoms with E-state index in [4.69, 9.17) is 5.73 Å². The topological polar surface area (TPSA) is 61.8 Å². The highest BCUT2D eigenvalue weighted by atomic mass is 14.9. The van der Waals surface area contributed by atoms with Gasteiger partial charge in [-0.3, -0.25) is 0 Å². The summed E-state index contributed by atoms with van der Waals surface area (Å²) in [5.74, 6) is 0. The van der Waals surface area contributed by atoms with Gasteiger partial charge in [-0.1, -0.05) is 38.1 Å². The molecular weight excluding hydrogens is 246 g/mol. The Morgan fingerprint density at radius 1 is 1.10 bits per heavy atom. The zero-order valence-electron chi connectivity index (χ0n) is 12.1. The Labute approximate surface area is 120 Å². The van der Waals surface area contributed by atoms with Gasteiger partial charge in [-0.2, -0.15) is 5.26 Å². The fourth-order valence-electron chi connectivity index (χ4n) is 2.32. The largest absolute Gasteiger partial charge is 0.383 e. The fourth-order valence-corrected chi connectivity index (χ4v) is 2.32. The van der Waals surface area contributed by atoms with Gasteiger partial charge >= 0.3 is 0 Å². The monoisotopic (exact) mass is 267 g/mol. The number of anilines is 1. The maximum Gasteiger partial charge on any atom is 0.0998 e. The molecule has 0 aliphatic carbocycles. The molecule has 0 heterocycles. The Morgan fingerprint density at radius 3 is 2.35 bits per heavy atom. The number of hydrogen-bond donors (Lipinski definition) is 2. The molecule has 0 amide bonds. The maximum absolute atomic E-state index is 9.17. The minimum atomic E-state index is -0.186. The van der Waals surface area contributed by atoms with Crippen LogP contribution in [-0.4, -0.2) is 12.1 Å².